The molecule has 1 atom stereocenters. The number of hydrogen-bond donors (Lipinski definition) is 1. The number of aliphatic imine (C=N–C) groups is 1. The van der Waals surface area contributed by atoms with E-state index >= 15 is 0 Å². The van der Waals surface area contributed by atoms with Crippen LogP contribution in [0.1, 0.15) is 30.9 Å². The summed E-state index contributed by atoms with van der Waals surface area (Å²) >= 11 is 0. The maximum Gasteiger partial charge on any atom is 0.194 e. The predicted molar refractivity (Wildman–Crippen MR) is 105 cm³/mol. The molecule has 0 bridgehead atoms. The van der Waals surface area contributed by atoms with Crippen LogP contribution in [0.15, 0.2) is 29.3 Å². The number of halogens is 1. The molecule has 2 aliphatic rings. The summed E-state index contributed by atoms with van der Waals surface area (Å²) in [5.74, 6) is 1.05. The van der Waals surface area contributed by atoms with E-state index in [1.54, 1.807) is 0 Å². The summed E-state index contributed by atoms with van der Waals surface area (Å²) in [6.07, 6.45) is 2.42. The van der Waals surface area contributed by atoms with Crippen LogP contribution in [0.25, 0.3) is 0 Å². The van der Waals surface area contributed by atoms with Crippen LogP contribution >= 0.6 is 24.0 Å². The zero-order valence-corrected chi connectivity index (χ0v) is 16.5. The van der Waals surface area contributed by atoms with Gasteiger partial charge in [-0.2, -0.15) is 0 Å². The van der Waals surface area contributed by atoms with Crippen molar-refractivity contribution in [1.29, 1.82) is 0 Å². The van der Waals surface area contributed by atoms with Gasteiger partial charge in [-0.1, -0.05) is 29.8 Å². The summed E-state index contributed by atoms with van der Waals surface area (Å²) < 4.78 is 5.62. The van der Waals surface area contributed by atoms with Crippen LogP contribution in [0.3, 0.4) is 0 Å². The van der Waals surface area contributed by atoms with Crippen molar-refractivity contribution in [3.8, 4) is 0 Å². The molecule has 2 aliphatic heterocycles. The summed E-state index contributed by atoms with van der Waals surface area (Å²) in [5.41, 5.74) is 2.93. The molecule has 0 radical (unpaired) electrons. The summed E-state index contributed by atoms with van der Waals surface area (Å²) in [6.45, 7) is 9.90. The number of nitrogens with zero attached hydrogens (tertiary/aromatic N) is 2. The van der Waals surface area contributed by atoms with E-state index in [0.717, 1.165) is 45.4 Å². The average Bonchev–Trinajstić information content (AvgIpc) is 3.16. The van der Waals surface area contributed by atoms with Crippen molar-refractivity contribution in [3.05, 3.63) is 35.4 Å². The van der Waals surface area contributed by atoms with E-state index in [2.05, 4.69) is 48.3 Å². The van der Waals surface area contributed by atoms with Gasteiger partial charge >= 0.3 is 0 Å². The molecule has 1 aromatic carbocycles. The molecule has 2 fully saturated rings. The standard InChI is InChI=1S/C18H27N3O.HI/c1-3-19-17(20-12-16-6-4-15(2)5-7-16)21-10-8-18(13-21)9-11-22-14-18;/h4-7H,3,8-14H2,1-2H3,(H,19,20);1H. The van der Waals surface area contributed by atoms with Crippen LogP contribution in [-0.4, -0.2) is 43.7 Å². The van der Waals surface area contributed by atoms with Gasteiger partial charge in [0.15, 0.2) is 5.96 Å². The zero-order valence-electron chi connectivity index (χ0n) is 14.2. The van der Waals surface area contributed by atoms with Gasteiger partial charge in [0.1, 0.15) is 0 Å². The number of ether oxygens (including phenoxy) is 1. The molecule has 4 nitrogen and oxygen atoms in total. The van der Waals surface area contributed by atoms with Crippen molar-refractivity contribution in [2.45, 2.75) is 33.2 Å². The molecule has 128 valence electrons. The fourth-order valence-corrected chi connectivity index (χ4v) is 3.37. The van der Waals surface area contributed by atoms with Crippen LogP contribution in [0.2, 0.25) is 0 Å². The van der Waals surface area contributed by atoms with E-state index in [4.69, 9.17) is 9.73 Å². The zero-order chi connectivity index (χ0) is 15.4. The minimum atomic E-state index is 0. The summed E-state index contributed by atoms with van der Waals surface area (Å²) in [4.78, 5) is 7.25. The number of guanidine groups is 1. The van der Waals surface area contributed by atoms with Crippen LogP contribution in [0.4, 0.5) is 0 Å². The third-order valence-electron chi connectivity index (χ3n) is 4.79. The lowest BCUT2D eigenvalue weighted by atomic mass is 9.87. The number of nitrogens with one attached hydrogen (secondary N) is 1. The second-order valence-corrected chi connectivity index (χ2v) is 6.63. The molecule has 1 aromatic rings. The lowest BCUT2D eigenvalue weighted by Crippen LogP contribution is -2.41. The van der Waals surface area contributed by atoms with E-state index in [1.807, 2.05) is 0 Å². The molecular weight excluding hydrogens is 401 g/mol. The molecule has 0 aliphatic carbocycles. The Morgan fingerprint density at radius 3 is 2.74 bits per heavy atom. The summed E-state index contributed by atoms with van der Waals surface area (Å²) in [5, 5.41) is 3.45. The molecule has 3 rings (SSSR count). The predicted octanol–water partition coefficient (Wildman–Crippen LogP) is 3.19. The fraction of sp³-hybridized carbons (Fsp3) is 0.611. The molecule has 1 spiro atoms. The smallest absolute Gasteiger partial charge is 0.194 e. The first-order valence-electron chi connectivity index (χ1n) is 8.37. The third-order valence-corrected chi connectivity index (χ3v) is 4.79. The maximum absolute atomic E-state index is 5.62. The Labute approximate surface area is 156 Å². The van der Waals surface area contributed by atoms with Crippen LogP contribution in [0.5, 0.6) is 0 Å². The summed E-state index contributed by atoms with van der Waals surface area (Å²) in [7, 11) is 0. The Balaban J connectivity index is 0.00000192. The maximum atomic E-state index is 5.62. The van der Waals surface area contributed by atoms with Gasteiger partial charge in [0.25, 0.3) is 0 Å². The molecule has 23 heavy (non-hydrogen) atoms. The Kier molecular flexibility index (Phi) is 6.71. The lowest BCUT2D eigenvalue weighted by Gasteiger charge is -2.25. The molecule has 0 saturated carbocycles. The highest BCUT2D eigenvalue weighted by atomic mass is 127. The first-order valence-corrected chi connectivity index (χ1v) is 8.37. The van der Waals surface area contributed by atoms with Gasteiger partial charge in [-0.15, -0.1) is 24.0 Å². The van der Waals surface area contributed by atoms with Crippen molar-refractivity contribution in [1.82, 2.24) is 10.2 Å². The van der Waals surface area contributed by atoms with Gasteiger partial charge in [0.2, 0.25) is 0 Å². The number of benzene rings is 1. The topological polar surface area (TPSA) is 36.9 Å². The number of likely N-dealkylation sites (tertiary alicyclic amines) is 1. The fourth-order valence-electron chi connectivity index (χ4n) is 3.37. The molecular formula is C18H28IN3O. The van der Waals surface area contributed by atoms with E-state index in [9.17, 15) is 0 Å². The van der Waals surface area contributed by atoms with Gasteiger partial charge in [0.05, 0.1) is 13.2 Å². The van der Waals surface area contributed by atoms with Gasteiger partial charge < -0.3 is 15.0 Å². The van der Waals surface area contributed by atoms with Crippen molar-refractivity contribution in [3.63, 3.8) is 0 Å². The van der Waals surface area contributed by atoms with Crippen molar-refractivity contribution in [2.75, 3.05) is 32.8 Å². The average molecular weight is 429 g/mol. The molecule has 1 N–H and O–H groups in total. The van der Waals surface area contributed by atoms with Gasteiger partial charge in [-0.25, -0.2) is 4.99 Å². The van der Waals surface area contributed by atoms with E-state index in [-0.39, 0.29) is 24.0 Å². The Morgan fingerprint density at radius 1 is 1.30 bits per heavy atom. The van der Waals surface area contributed by atoms with Crippen molar-refractivity contribution in [2.24, 2.45) is 10.4 Å². The van der Waals surface area contributed by atoms with Gasteiger partial charge in [-0.3, -0.25) is 0 Å². The SMILES string of the molecule is CCNC(=NCc1ccc(C)cc1)N1CCC2(CCOC2)C1.I. The first-order chi connectivity index (χ1) is 10.7. The van der Waals surface area contributed by atoms with E-state index < -0.39 is 0 Å². The van der Waals surface area contributed by atoms with Crippen LogP contribution in [-0.2, 0) is 11.3 Å². The minimum Gasteiger partial charge on any atom is -0.381 e. The van der Waals surface area contributed by atoms with E-state index in [1.165, 1.54) is 24.0 Å². The third kappa shape index (κ3) is 4.59. The van der Waals surface area contributed by atoms with Gasteiger partial charge in [0, 0.05) is 31.7 Å². The molecule has 1 unspecified atom stereocenters. The highest BCUT2D eigenvalue weighted by Gasteiger charge is 2.42. The van der Waals surface area contributed by atoms with Crippen molar-refractivity contribution >= 4 is 29.9 Å². The second kappa shape index (κ2) is 8.33. The Morgan fingerprint density at radius 2 is 2.09 bits per heavy atom. The number of hydrogen-bond acceptors (Lipinski definition) is 2. The highest BCUT2D eigenvalue weighted by molar-refractivity contribution is 14.0. The summed E-state index contributed by atoms with van der Waals surface area (Å²) in [6, 6.07) is 8.63. The molecule has 5 heteroatoms. The second-order valence-electron chi connectivity index (χ2n) is 6.63. The molecule has 0 aromatic heterocycles. The lowest BCUT2D eigenvalue weighted by molar-refractivity contribution is 0.156. The quantitative estimate of drug-likeness (QED) is 0.456. The number of rotatable bonds is 3. The normalized spacial score (nSPS) is 24.1. The van der Waals surface area contributed by atoms with Crippen LogP contribution in [0, 0.1) is 12.3 Å². The van der Waals surface area contributed by atoms with Crippen molar-refractivity contribution < 1.29 is 4.74 Å². The Bertz CT molecular complexity index is 524. The monoisotopic (exact) mass is 429 g/mol. The molecule has 0 amide bonds. The van der Waals surface area contributed by atoms with Gasteiger partial charge in [-0.05, 0) is 32.3 Å². The minimum absolute atomic E-state index is 0. The molecule has 2 heterocycles. The molecule has 2 saturated heterocycles. The van der Waals surface area contributed by atoms with E-state index in [0.29, 0.717) is 5.41 Å². The van der Waals surface area contributed by atoms with Crippen LogP contribution < -0.4 is 5.32 Å². The number of aryl methyl sites for hydroxylation is 1. The largest absolute Gasteiger partial charge is 0.381 e. The highest BCUT2D eigenvalue weighted by Crippen LogP contribution is 2.38. The first kappa shape index (κ1) is 18.5. The Hall–Kier alpha value is -0.820.